The van der Waals surface area contributed by atoms with E-state index < -0.39 is 0 Å². The minimum absolute atomic E-state index is 0.0555. The molecular formula is C9H12BrN3O. The molecule has 0 unspecified atom stereocenters. The first-order chi connectivity index (χ1) is 6.58. The van der Waals surface area contributed by atoms with Gasteiger partial charge in [-0.3, -0.25) is 4.79 Å². The van der Waals surface area contributed by atoms with E-state index in [1.807, 2.05) is 23.9 Å². The summed E-state index contributed by atoms with van der Waals surface area (Å²) >= 11 is 3.34. The highest BCUT2D eigenvalue weighted by Crippen LogP contribution is 2.17. The molecule has 0 bridgehead atoms. The second-order valence-corrected chi connectivity index (χ2v) is 4.54. The Morgan fingerprint density at radius 3 is 2.71 bits per heavy atom. The Balaban J connectivity index is 2.15. The lowest BCUT2D eigenvalue weighted by atomic mass is 10.1. The molecule has 5 heteroatoms. The van der Waals surface area contributed by atoms with Crippen molar-refractivity contribution in [3.05, 3.63) is 22.4 Å². The highest BCUT2D eigenvalue weighted by atomic mass is 79.9. The van der Waals surface area contributed by atoms with Crippen LogP contribution in [0, 0.1) is 0 Å². The van der Waals surface area contributed by atoms with Crippen LogP contribution >= 0.6 is 15.9 Å². The van der Waals surface area contributed by atoms with Crippen LogP contribution in [0.25, 0.3) is 0 Å². The van der Waals surface area contributed by atoms with Crippen molar-refractivity contribution in [1.82, 2.24) is 9.47 Å². The molecule has 0 aliphatic carbocycles. The first kappa shape index (κ1) is 9.73. The van der Waals surface area contributed by atoms with E-state index in [0.29, 0.717) is 18.8 Å². The van der Waals surface area contributed by atoms with Gasteiger partial charge in [0.25, 0.3) is 5.91 Å². The lowest BCUT2D eigenvalue weighted by Gasteiger charge is -2.36. The van der Waals surface area contributed by atoms with Gasteiger partial charge in [0.15, 0.2) is 0 Å². The average molecular weight is 258 g/mol. The predicted molar refractivity (Wildman–Crippen MR) is 57.0 cm³/mol. The Morgan fingerprint density at radius 1 is 1.64 bits per heavy atom. The summed E-state index contributed by atoms with van der Waals surface area (Å²) in [4.78, 5) is 13.6. The summed E-state index contributed by atoms with van der Waals surface area (Å²) in [6, 6.07) is 1.98. The third-order valence-electron chi connectivity index (χ3n) is 2.39. The molecule has 0 aromatic carbocycles. The zero-order chi connectivity index (χ0) is 10.3. The molecule has 0 radical (unpaired) electrons. The number of aryl methyl sites for hydroxylation is 1. The van der Waals surface area contributed by atoms with E-state index in [1.165, 1.54) is 0 Å². The van der Waals surface area contributed by atoms with Crippen molar-refractivity contribution in [2.75, 3.05) is 13.1 Å². The van der Waals surface area contributed by atoms with Crippen molar-refractivity contribution in [3.8, 4) is 0 Å². The molecule has 0 spiro atoms. The fourth-order valence-electron chi connectivity index (χ4n) is 1.58. The Labute approximate surface area is 90.8 Å². The van der Waals surface area contributed by atoms with E-state index in [9.17, 15) is 4.79 Å². The minimum atomic E-state index is 0.0555. The molecule has 1 amide bonds. The van der Waals surface area contributed by atoms with Gasteiger partial charge in [-0.2, -0.15) is 0 Å². The van der Waals surface area contributed by atoms with Gasteiger partial charge in [0, 0.05) is 36.8 Å². The fourth-order valence-corrected chi connectivity index (χ4v) is 2.10. The number of nitrogens with two attached hydrogens (primary N) is 1. The largest absolute Gasteiger partial charge is 0.345 e. The van der Waals surface area contributed by atoms with Crippen LogP contribution in [0.2, 0.25) is 0 Å². The van der Waals surface area contributed by atoms with Gasteiger partial charge in [-0.15, -0.1) is 0 Å². The normalized spacial score (nSPS) is 16.9. The maximum Gasteiger partial charge on any atom is 0.270 e. The zero-order valence-corrected chi connectivity index (χ0v) is 9.49. The first-order valence-corrected chi connectivity index (χ1v) is 5.24. The lowest BCUT2D eigenvalue weighted by Crippen LogP contribution is -2.58. The van der Waals surface area contributed by atoms with Crippen molar-refractivity contribution in [1.29, 1.82) is 0 Å². The molecule has 2 N–H and O–H groups in total. The topological polar surface area (TPSA) is 51.3 Å². The predicted octanol–water partition coefficient (Wildman–Crippen LogP) is 0.571. The maximum atomic E-state index is 11.8. The summed E-state index contributed by atoms with van der Waals surface area (Å²) < 4.78 is 2.74. The zero-order valence-electron chi connectivity index (χ0n) is 7.90. The number of nitrogens with zero attached hydrogens (tertiary/aromatic N) is 2. The fraction of sp³-hybridized carbons (Fsp3) is 0.444. The van der Waals surface area contributed by atoms with Gasteiger partial charge in [0.05, 0.1) is 0 Å². The van der Waals surface area contributed by atoms with Crippen molar-refractivity contribution in [2.24, 2.45) is 12.8 Å². The van der Waals surface area contributed by atoms with E-state index in [0.717, 1.165) is 4.47 Å². The number of halogens is 1. The molecule has 0 saturated carbocycles. The molecular weight excluding hydrogens is 246 g/mol. The Kier molecular flexibility index (Phi) is 2.36. The highest BCUT2D eigenvalue weighted by molar-refractivity contribution is 9.10. The monoisotopic (exact) mass is 257 g/mol. The first-order valence-electron chi connectivity index (χ1n) is 4.44. The van der Waals surface area contributed by atoms with E-state index in [4.69, 9.17) is 5.73 Å². The van der Waals surface area contributed by atoms with Crippen molar-refractivity contribution in [3.63, 3.8) is 0 Å². The quantitative estimate of drug-likeness (QED) is 0.800. The molecule has 1 aromatic rings. The maximum absolute atomic E-state index is 11.8. The van der Waals surface area contributed by atoms with E-state index in [-0.39, 0.29) is 11.9 Å². The second kappa shape index (κ2) is 3.40. The summed E-state index contributed by atoms with van der Waals surface area (Å²) in [6.45, 7) is 1.34. The van der Waals surface area contributed by atoms with Gasteiger partial charge < -0.3 is 15.2 Å². The lowest BCUT2D eigenvalue weighted by molar-refractivity contribution is 0.0598. The van der Waals surface area contributed by atoms with Crippen LogP contribution in [0.5, 0.6) is 0 Å². The summed E-state index contributed by atoms with van der Waals surface area (Å²) in [5.74, 6) is 0.0555. The second-order valence-electron chi connectivity index (χ2n) is 3.62. The number of hydrogen-bond acceptors (Lipinski definition) is 2. The SMILES string of the molecule is Cn1cc(Br)cc1C(=O)N1CC(N)C1. The van der Waals surface area contributed by atoms with Gasteiger partial charge in [-0.1, -0.05) is 0 Å². The van der Waals surface area contributed by atoms with Gasteiger partial charge in [0.1, 0.15) is 5.69 Å². The summed E-state index contributed by atoms with van der Waals surface area (Å²) in [5.41, 5.74) is 6.32. The molecule has 1 saturated heterocycles. The molecule has 1 aromatic heterocycles. The molecule has 1 aliphatic rings. The Bertz CT molecular complexity index is 368. The molecule has 0 atom stereocenters. The van der Waals surface area contributed by atoms with Gasteiger partial charge in [-0.05, 0) is 22.0 Å². The van der Waals surface area contributed by atoms with Crippen molar-refractivity contribution in [2.45, 2.75) is 6.04 Å². The smallest absolute Gasteiger partial charge is 0.270 e. The summed E-state index contributed by atoms with van der Waals surface area (Å²) in [6.07, 6.45) is 1.87. The van der Waals surface area contributed by atoms with E-state index >= 15 is 0 Å². The number of likely N-dealkylation sites (tertiary alicyclic amines) is 1. The number of carbonyl (C=O) groups is 1. The number of hydrogen-bond donors (Lipinski definition) is 1. The van der Waals surface area contributed by atoms with Crippen LogP contribution in [0.3, 0.4) is 0 Å². The summed E-state index contributed by atoms with van der Waals surface area (Å²) in [7, 11) is 1.86. The van der Waals surface area contributed by atoms with Crippen molar-refractivity contribution >= 4 is 21.8 Å². The third kappa shape index (κ3) is 1.57. The van der Waals surface area contributed by atoms with Crippen LogP contribution in [0.4, 0.5) is 0 Å². The van der Waals surface area contributed by atoms with E-state index in [2.05, 4.69) is 15.9 Å². The molecule has 4 nitrogen and oxygen atoms in total. The van der Waals surface area contributed by atoms with E-state index in [1.54, 1.807) is 4.90 Å². The molecule has 2 rings (SSSR count). The van der Waals surface area contributed by atoms with Gasteiger partial charge in [-0.25, -0.2) is 0 Å². The standard InChI is InChI=1S/C9H12BrN3O/c1-12-3-6(10)2-8(12)9(14)13-4-7(11)5-13/h2-3,7H,4-5,11H2,1H3. The minimum Gasteiger partial charge on any atom is -0.345 e. The molecule has 76 valence electrons. The van der Waals surface area contributed by atoms with Crippen LogP contribution in [0.15, 0.2) is 16.7 Å². The van der Waals surface area contributed by atoms with Crippen LogP contribution in [-0.2, 0) is 7.05 Å². The number of amides is 1. The average Bonchev–Trinajstić information content (AvgIpc) is 2.39. The molecule has 14 heavy (non-hydrogen) atoms. The van der Waals surface area contributed by atoms with Crippen LogP contribution < -0.4 is 5.73 Å². The van der Waals surface area contributed by atoms with Gasteiger partial charge in [0.2, 0.25) is 0 Å². The number of rotatable bonds is 1. The third-order valence-corrected chi connectivity index (χ3v) is 2.82. The summed E-state index contributed by atoms with van der Waals surface area (Å²) in [5, 5.41) is 0. The van der Waals surface area contributed by atoms with Crippen LogP contribution in [-0.4, -0.2) is 34.5 Å². The van der Waals surface area contributed by atoms with Crippen molar-refractivity contribution < 1.29 is 4.79 Å². The molecule has 1 aliphatic heterocycles. The molecule has 1 fully saturated rings. The number of aromatic nitrogens is 1. The van der Waals surface area contributed by atoms with Gasteiger partial charge >= 0.3 is 0 Å². The Morgan fingerprint density at radius 2 is 2.29 bits per heavy atom. The Hall–Kier alpha value is -0.810. The highest BCUT2D eigenvalue weighted by Gasteiger charge is 2.29. The molecule has 2 heterocycles. The van der Waals surface area contributed by atoms with Crippen LogP contribution in [0.1, 0.15) is 10.5 Å². The number of carbonyl (C=O) groups excluding carboxylic acids is 1.